The molecule has 7 nitrogen and oxygen atoms in total. The first-order chi connectivity index (χ1) is 7.34. The van der Waals surface area contributed by atoms with Gasteiger partial charge in [0.1, 0.15) is 0 Å². The van der Waals surface area contributed by atoms with Crippen LogP contribution in [-0.2, 0) is 20.0 Å². The topological polar surface area (TPSA) is 81.7 Å². The molecule has 0 bridgehead atoms. The number of hydrogen-bond acceptors (Lipinski definition) is 6. The van der Waals surface area contributed by atoms with Crippen molar-refractivity contribution in [3.05, 3.63) is 24.1 Å². The molecule has 0 fully saturated rings. The van der Waals surface area contributed by atoms with Crippen LogP contribution in [0, 0.1) is 0 Å². The van der Waals surface area contributed by atoms with Gasteiger partial charge in [-0.1, -0.05) is 10.4 Å². The Kier molecular flexibility index (Phi) is 3.03. The van der Waals surface area contributed by atoms with Gasteiger partial charge in [0, 0.05) is 32.8 Å². The Labute approximate surface area is 86.5 Å². The Morgan fingerprint density at radius 1 is 1.53 bits per heavy atom. The molecule has 0 radical (unpaired) electrons. The van der Waals surface area contributed by atoms with E-state index in [9.17, 15) is 0 Å². The molecule has 80 valence electrons. The maximum absolute atomic E-state index is 4.86. The summed E-state index contributed by atoms with van der Waals surface area (Å²) < 4.78 is 6.53. The van der Waals surface area contributed by atoms with Gasteiger partial charge in [0.05, 0.1) is 5.69 Å². The average molecular weight is 208 g/mol. The molecule has 0 aliphatic heterocycles. The van der Waals surface area contributed by atoms with E-state index in [0.29, 0.717) is 12.4 Å². The van der Waals surface area contributed by atoms with Crippen molar-refractivity contribution in [3.63, 3.8) is 0 Å². The standard InChI is InChI=1S/C8H12N6O/c1-14-5-7(12-13-14)4-9-3-2-8-10-6-11-15-8/h5-6,9H,2-4H2,1H3. The van der Waals surface area contributed by atoms with Gasteiger partial charge in [-0.25, -0.2) is 0 Å². The van der Waals surface area contributed by atoms with E-state index in [4.69, 9.17) is 4.52 Å². The lowest BCUT2D eigenvalue weighted by Gasteiger charge is -1.98. The molecule has 2 aromatic rings. The van der Waals surface area contributed by atoms with Crippen LogP contribution in [0.5, 0.6) is 0 Å². The Balaban J connectivity index is 1.67. The zero-order valence-corrected chi connectivity index (χ0v) is 8.42. The first-order valence-corrected chi connectivity index (χ1v) is 4.66. The molecule has 2 heterocycles. The van der Waals surface area contributed by atoms with Crippen molar-refractivity contribution in [3.8, 4) is 0 Å². The highest BCUT2D eigenvalue weighted by Crippen LogP contribution is 1.92. The van der Waals surface area contributed by atoms with Crippen molar-refractivity contribution in [2.24, 2.45) is 7.05 Å². The van der Waals surface area contributed by atoms with Crippen molar-refractivity contribution in [1.82, 2.24) is 30.5 Å². The number of nitrogens with zero attached hydrogens (tertiary/aromatic N) is 5. The fourth-order valence-electron chi connectivity index (χ4n) is 1.19. The summed E-state index contributed by atoms with van der Waals surface area (Å²) in [6, 6.07) is 0. The zero-order chi connectivity index (χ0) is 10.5. The fourth-order valence-corrected chi connectivity index (χ4v) is 1.19. The molecule has 0 aliphatic carbocycles. The number of hydrogen-bond donors (Lipinski definition) is 1. The van der Waals surface area contributed by atoms with Crippen LogP contribution >= 0.6 is 0 Å². The molecule has 7 heteroatoms. The molecule has 0 saturated heterocycles. The normalized spacial score (nSPS) is 10.7. The van der Waals surface area contributed by atoms with E-state index in [1.54, 1.807) is 4.68 Å². The molecule has 0 amide bonds. The summed E-state index contributed by atoms with van der Waals surface area (Å²) in [4.78, 5) is 3.92. The molecule has 0 aromatic carbocycles. The van der Waals surface area contributed by atoms with Crippen LogP contribution in [0.4, 0.5) is 0 Å². The smallest absolute Gasteiger partial charge is 0.227 e. The lowest BCUT2D eigenvalue weighted by molar-refractivity contribution is 0.374. The van der Waals surface area contributed by atoms with E-state index in [-0.39, 0.29) is 0 Å². The zero-order valence-electron chi connectivity index (χ0n) is 8.42. The van der Waals surface area contributed by atoms with Gasteiger partial charge in [-0.05, 0) is 0 Å². The van der Waals surface area contributed by atoms with Crippen LogP contribution in [0.1, 0.15) is 11.6 Å². The highest BCUT2D eigenvalue weighted by molar-refractivity contribution is 4.91. The van der Waals surface area contributed by atoms with Gasteiger partial charge in [-0.3, -0.25) is 4.68 Å². The first kappa shape index (κ1) is 9.78. The van der Waals surface area contributed by atoms with Crippen LogP contribution in [0.25, 0.3) is 0 Å². The predicted molar refractivity (Wildman–Crippen MR) is 50.7 cm³/mol. The van der Waals surface area contributed by atoms with Gasteiger partial charge < -0.3 is 9.84 Å². The van der Waals surface area contributed by atoms with E-state index in [2.05, 4.69) is 25.8 Å². The molecule has 15 heavy (non-hydrogen) atoms. The molecule has 0 atom stereocenters. The van der Waals surface area contributed by atoms with E-state index in [1.165, 1.54) is 6.33 Å². The summed E-state index contributed by atoms with van der Waals surface area (Å²) in [5.41, 5.74) is 0.919. The number of rotatable bonds is 5. The predicted octanol–water partition coefficient (Wildman–Crippen LogP) is -0.470. The molecule has 1 N–H and O–H groups in total. The van der Waals surface area contributed by atoms with E-state index >= 15 is 0 Å². The van der Waals surface area contributed by atoms with Crippen molar-refractivity contribution in [1.29, 1.82) is 0 Å². The van der Waals surface area contributed by atoms with Crippen LogP contribution in [-0.4, -0.2) is 31.7 Å². The second-order valence-corrected chi connectivity index (χ2v) is 3.15. The molecular weight excluding hydrogens is 196 g/mol. The minimum atomic E-state index is 0.640. The fraction of sp³-hybridized carbons (Fsp3) is 0.500. The lowest BCUT2D eigenvalue weighted by Crippen LogP contribution is -2.17. The Morgan fingerprint density at radius 3 is 3.13 bits per heavy atom. The third-order valence-electron chi connectivity index (χ3n) is 1.88. The third kappa shape index (κ3) is 2.84. The summed E-state index contributed by atoms with van der Waals surface area (Å²) in [5, 5.41) is 14.5. The molecule has 0 spiro atoms. The van der Waals surface area contributed by atoms with E-state index in [1.807, 2.05) is 13.2 Å². The number of aromatic nitrogens is 5. The second-order valence-electron chi connectivity index (χ2n) is 3.15. The van der Waals surface area contributed by atoms with Crippen molar-refractivity contribution in [2.45, 2.75) is 13.0 Å². The first-order valence-electron chi connectivity index (χ1n) is 4.66. The maximum atomic E-state index is 4.86. The number of aryl methyl sites for hydroxylation is 1. The minimum Gasteiger partial charge on any atom is -0.340 e. The van der Waals surface area contributed by atoms with Gasteiger partial charge in [-0.2, -0.15) is 4.98 Å². The Morgan fingerprint density at radius 2 is 2.47 bits per heavy atom. The van der Waals surface area contributed by atoms with Crippen LogP contribution in [0.2, 0.25) is 0 Å². The SMILES string of the molecule is Cn1cc(CNCCc2ncno2)nn1. The van der Waals surface area contributed by atoms with E-state index in [0.717, 1.165) is 18.7 Å². The van der Waals surface area contributed by atoms with Crippen LogP contribution in [0.15, 0.2) is 17.0 Å². The largest absolute Gasteiger partial charge is 0.340 e. The van der Waals surface area contributed by atoms with E-state index < -0.39 is 0 Å². The molecule has 0 saturated carbocycles. The Hall–Kier alpha value is -1.76. The van der Waals surface area contributed by atoms with Crippen molar-refractivity contribution >= 4 is 0 Å². The summed E-state index contributed by atoms with van der Waals surface area (Å²) in [6.45, 7) is 1.47. The van der Waals surface area contributed by atoms with Crippen LogP contribution in [0.3, 0.4) is 0 Å². The number of nitrogens with one attached hydrogen (secondary N) is 1. The van der Waals surface area contributed by atoms with Crippen molar-refractivity contribution in [2.75, 3.05) is 6.54 Å². The monoisotopic (exact) mass is 208 g/mol. The van der Waals surface area contributed by atoms with Gasteiger partial charge in [0.15, 0.2) is 6.33 Å². The maximum Gasteiger partial charge on any atom is 0.227 e. The van der Waals surface area contributed by atoms with Gasteiger partial charge in [-0.15, -0.1) is 5.10 Å². The Bertz CT molecular complexity index is 395. The molecular formula is C8H12N6O. The molecule has 2 rings (SSSR count). The van der Waals surface area contributed by atoms with Gasteiger partial charge in [0.25, 0.3) is 0 Å². The lowest BCUT2D eigenvalue weighted by atomic mass is 10.4. The second kappa shape index (κ2) is 4.65. The van der Waals surface area contributed by atoms with Crippen molar-refractivity contribution < 1.29 is 4.52 Å². The molecule has 2 aromatic heterocycles. The molecule has 0 aliphatic rings. The highest BCUT2D eigenvalue weighted by Gasteiger charge is 2.00. The van der Waals surface area contributed by atoms with Gasteiger partial charge in [0.2, 0.25) is 5.89 Å². The minimum absolute atomic E-state index is 0.640. The summed E-state index contributed by atoms with van der Waals surface area (Å²) in [7, 11) is 1.84. The third-order valence-corrected chi connectivity index (χ3v) is 1.88. The summed E-state index contributed by atoms with van der Waals surface area (Å²) in [6.07, 6.45) is 4.00. The summed E-state index contributed by atoms with van der Waals surface area (Å²) in [5.74, 6) is 0.640. The summed E-state index contributed by atoms with van der Waals surface area (Å²) >= 11 is 0. The highest BCUT2D eigenvalue weighted by atomic mass is 16.5. The average Bonchev–Trinajstić information content (AvgIpc) is 2.84. The van der Waals surface area contributed by atoms with Crippen LogP contribution < -0.4 is 5.32 Å². The van der Waals surface area contributed by atoms with Gasteiger partial charge >= 0.3 is 0 Å². The quantitative estimate of drug-likeness (QED) is 0.669. The molecule has 0 unspecified atom stereocenters.